The molecule has 0 saturated heterocycles. The molecule has 0 aliphatic heterocycles. The second-order valence-electron chi connectivity index (χ2n) is 5.12. The Morgan fingerprint density at radius 2 is 2.14 bits per heavy atom. The molecule has 8 heteroatoms. The van der Waals surface area contributed by atoms with Gasteiger partial charge in [-0.2, -0.15) is 13.2 Å². The van der Waals surface area contributed by atoms with Gasteiger partial charge in [0.05, 0.1) is 17.2 Å². The van der Waals surface area contributed by atoms with E-state index in [2.05, 4.69) is 15.3 Å². The first kappa shape index (κ1) is 15.0. The molecule has 22 heavy (non-hydrogen) atoms. The largest absolute Gasteiger partial charge is 0.417 e. The van der Waals surface area contributed by atoms with E-state index in [1.54, 1.807) is 6.20 Å². The van der Waals surface area contributed by atoms with Gasteiger partial charge < -0.3 is 5.32 Å². The average molecular weight is 327 g/mol. The van der Waals surface area contributed by atoms with Crippen LogP contribution in [-0.2, 0) is 6.18 Å². The van der Waals surface area contributed by atoms with Crippen LogP contribution in [0.1, 0.15) is 39.8 Å². The molecule has 2 aromatic rings. The van der Waals surface area contributed by atoms with E-state index in [0.717, 1.165) is 30.1 Å². The van der Waals surface area contributed by atoms with Gasteiger partial charge in [0.15, 0.2) is 0 Å². The van der Waals surface area contributed by atoms with Crippen LogP contribution in [-0.4, -0.2) is 15.9 Å². The van der Waals surface area contributed by atoms with Gasteiger partial charge in [-0.3, -0.25) is 9.78 Å². The summed E-state index contributed by atoms with van der Waals surface area (Å²) in [4.78, 5) is 19.9. The predicted octanol–water partition coefficient (Wildman–Crippen LogP) is 3.44. The van der Waals surface area contributed by atoms with Gasteiger partial charge in [0, 0.05) is 24.0 Å². The fourth-order valence-electron chi connectivity index (χ4n) is 2.14. The number of aromatic nitrogens is 2. The number of hydrogen-bond donors (Lipinski definition) is 1. The van der Waals surface area contributed by atoms with Gasteiger partial charge >= 0.3 is 6.18 Å². The van der Waals surface area contributed by atoms with E-state index in [-0.39, 0.29) is 11.6 Å². The maximum Gasteiger partial charge on any atom is 0.417 e. The Morgan fingerprint density at radius 3 is 2.73 bits per heavy atom. The summed E-state index contributed by atoms with van der Waals surface area (Å²) in [7, 11) is 0. The smallest absolute Gasteiger partial charge is 0.342 e. The normalized spacial score (nSPS) is 16.3. The molecular formula is C14H12F3N3OS. The summed E-state index contributed by atoms with van der Waals surface area (Å²) < 4.78 is 38.0. The molecule has 4 nitrogen and oxygen atoms in total. The van der Waals surface area contributed by atoms with Crippen molar-refractivity contribution in [1.82, 2.24) is 15.3 Å². The maximum absolute atomic E-state index is 12.7. The van der Waals surface area contributed by atoms with Crippen LogP contribution in [0.5, 0.6) is 0 Å². The number of hydrogen-bond acceptors (Lipinski definition) is 4. The first-order valence-corrected chi connectivity index (χ1v) is 7.55. The third-order valence-electron chi connectivity index (χ3n) is 3.43. The molecule has 0 aromatic carbocycles. The lowest BCUT2D eigenvalue weighted by Gasteiger charge is -2.16. The van der Waals surface area contributed by atoms with E-state index in [1.165, 1.54) is 11.3 Å². The van der Waals surface area contributed by atoms with Crippen molar-refractivity contribution in [2.75, 3.05) is 0 Å². The van der Waals surface area contributed by atoms with Gasteiger partial charge in [0.25, 0.3) is 5.91 Å². The number of rotatable bonds is 4. The molecule has 1 atom stereocenters. The van der Waals surface area contributed by atoms with E-state index < -0.39 is 17.6 Å². The zero-order valence-electron chi connectivity index (χ0n) is 11.3. The molecule has 3 rings (SSSR count). The summed E-state index contributed by atoms with van der Waals surface area (Å²) in [5.41, 5.74) is -1.03. The minimum Gasteiger partial charge on any atom is -0.342 e. The highest BCUT2D eigenvalue weighted by atomic mass is 32.1. The van der Waals surface area contributed by atoms with Crippen molar-refractivity contribution < 1.29 is 18.0 Å². The van der Waals surface area contributed by atoms with Gasteiger partial charge in [-0.25, -0.2) is 4.98 Å². The number of halogens is 3. The molecule has 0 radical (unpaired) electrons. The number of thiazole rings is 1. The fraction of sp³-hybridized carbons (Fsp3) is 0.357. The van der Waals surface area contributed by atoms with Crippen LogP contribution in [0, 0.1) is 5.92 Å². The van der Waals surface area contributed by atoms with Crippen molar-refractivity contribution in [3.63, 3.8) is 0 Å². The summed E-state index contributed by atoms with van der Waals surface area (Å²) in [6, 6.07) is 0.566. The molecule has 1 saturated carbocycles. The van der Waals surface area contributed by atoms with Gasteiger partial charge in [-0.15, -0.1) is 11.3 Å². The minimum atomic E-state index is -4.52. The van der Waals surface area contributed by atoms with Crippen molar-refractivity contribution in [3.8, 4) is 0 Å². The summed E-state index contributed by atoms with van der Waals surface area (Å²) in [6.45, 7) is 0. The number of amides is 1. The number of nitrogens with zero attached hydrogens (tertiary/aromatic N) is 2. The van der Waals surface area contributed by atoms with Crippen LogP contribution in [0.15, 0.2) is 30.0 Å². The highest BCUT2D eigenvalue weighted by Crippen LogP contribution is 2.41. The Bertz CT molecular complexity index is 668. The summed E-state index contributed by atoms with van der Waals surface area (Å²) >= 11 is 1.42. The van der Waals surface area contributed by atoms with E-state index in [4.69, 9.17) is 0 Å². The third kappa shape index (κ3) is 3.27. The highest BCUT2D eigenvalue weighted by Gasteiger charge is 2.36. The fourth-order valence-corrected chi connectivity index (χ4v) is 2.92. The van der Waals surface area contributed by atoms with Gasteiger partial charge in [-0.05, 0) is 24.8 Å². The van der Waals surface area contributed by atoms with Crippen molar-refractivity contribution in [1.29, 1.82) is 0 Å². The third-order valence-corrected chi connectivity index (χ3v) is 4.28. The lowest BCUT2D eigenvalue weighted by molar-refractivity contribution is -0.137. The van der Waals surface area contributed by atoms with E-state index in [9.17, 15) is 18.0 Å². The SMILES string of the molecule is O=C(NC(c1nccs1)C1CC1)c1cncc(C(F)(F)F)c1. The van der Waals surface area contributed by atoms with Crippen LogP contribution in [0.2, 0.25) is 0 Å². The average Bonchev–Trinajstić information content (AvgIpc) is 3.18. The second-order valence-corrected chi connectivity index (χ2v) is 6.05. The zero-order chi connectivity index (χ0) is 15.7. The number of alkyl halides is 3. The van der Waals surface area contributed by atoms with Crippen molar-refractivity contribution >= 4 is 17.2 Å². The molecule has 1 aliphatic rings. The Labute approximate surface area is 128 Å². The van der Waals surface area contributed by atoms with Crippen LogP contribution < -0.4 is 5.32 Å². The molecule has 1 aliphatic carbocycles. The Kier molecular flexibility index (Phi) is 3.86. The molecule has 1 N–H and O–H groups in total. The Morgan fingerprint density at radius 1 is 1.36 bits per heavy atom. The summed E-state index contributed by atoms with van der Waals surface area (Å²) in [5, 5.41) is 5.36. The molecule has 116 valence electrons. The number of nitrogens with one attached hydrogen (secondary N) is 1. The highest BCUT2D eigenvalue weighted by molar-refractivity contribution is 7.09. The molecule has 0 spiro atoms. The first-order chi connectivity index (χ1) is 10.4. The molecule has 2 aromatic heterocycles. The molecule has 1 amide bonds. The Hall–Kier alpha value is -1.96. The standard InChI is InChI=1S/C14H12F3N3OS/c15-14(16,17)10-5-9(6-18-7-10)12(21)20-11(8-1-2-8)13-19-3-4-22-13/h3-8,11H,1-2H2,(H,20,21). The van der Waals surface area contributed by atoms with Crippen LogP contribution in [0.25, 0.3) is 0 Å². The quantitative estimate of drug-likeness (QED) is 0.936. The van der Waals surface area contributed by atoms with E-state index in [1.807, 2.05) is 5.38 Å². The number of carbonyl (C=O) groups is 1. The minimum absolute atomic E-state index is 0.1000. The molecule has 1 fully saturated rings. The molecular weight excluding hydrogens is 315 g/mol. The lowest BCUT2D eigenvalue weighted by atomic mass is 10.1. The zero-order valence-corrected chi connectivity index (χ0v) is 12.1. The topological polar surface area (TPSA) is 54.9 Å². The lowest BCUT2D eigenvalue weighted by Crippen LogP contribution is -2.30. The van der Waals surface area contributed by atoms with Crippen LogP contribution in [0.4, 0.5) is 13.2 Å². The van der Waals surface area contributed by atoms with Crippen molar-refractivity contribution in [3.05, 3.63) is 46.2 Å². The molecule has 0 bridgehead atoms. The van der Waals surface area contributed by atoms with Crippen molar-refractivity contribution in [2.24, 2.45) is 5.92 Å². The van der Waals surface area contributed by atoms with Crippen molar-refractivity contribution in [2.45, 2.75) is 25.1 Å². The van der Waals surface area contributed by atoms with E-state index in [0.29, 0.717) is 12.1 Å². The van der Waals surface area contributed by atoms with Gasteiger partial charge in [0.1, 0.15) is 5.01 Å². The summed E-state index contributed by atoms with van der Waals surface area (Å²) in [5.74, 6) is -0.264. The van der Waals surface area contributed by atoms with Gasteiger partial charge in [-0.1, -0.05) is 0 Å². The molecule has 1 unspecified atom stereocenters. The maximum atomic E-state index is 12.7. The Balaban J connectivity index is 1.79. The number of pyridine rings is 1. The monoisotopic (exact) mass is 327 g/mol. The molecule has 2 heterocycles. The van der Waals surface area contributed by atoms with Crippen LogP contribution >= 0.6 is 11.3 Å². The van der Waals surface area contributed by atoms with Gasteiger partial charge in [0.2, 0.25) is 0 Å². The van der Waals surface area contributed by atoms with Crippen LogP contribution in [0.3, 0.4) is 0 Å². The second kappa shape index (κ2) is 5.68. The first-order valence-electron chi connectivity index (χ1n) is 6.67. The summed E-state index contributed by atoms with van der Waals surface area (Å²) in [6.07, 6.45) is 0.922. The predicted molar refractivity (Wildman–Crippen MR) is 74.3 cm³/mol. The van der Waals surface area contributed by atoms with E-state index >= 15 is 0 Å². The number of carbonyl (C=O) groups excluding carboxylic acids is 1.